The first-order chi connectivity index (χ1) is 15.2. The maximum Gasteiger partial charge on any atom is 0.263 e. The van der Waals surface area contributed by atoms with Gasteiger partial charge >= 0.3 is 0 Å². The molecule has 2 aromatic carbocycles. The number of thiazole rings is 1. The van der Waals surface area contributed by atoms with Crippen molar-refractivity contribution in [1.82, 2.24) is 10.3 Å². The molecule has 0 radical (unpaired) electrons. The normalized spacial score (nSPS) is 12.2. The van der Waals surface area contributed by atoms with E-state index in [0.717, 1.165) is 5.56 Å². The van der Waals surface area contributed by atoms with Crippen molar-refractivity contribution in [3.8, 4) is 0 Å². The van der Waals surface area contributed by atoms with Crippen LogP contribution in [-0.4, -0.2) is 31.3 Å². The summed E-state index contributed by atoms with van der Waals surface area (Å²) in [5.74, 6) is -0.892. The molecule has 1 unspecified atom stereocenters. The molecule has 10 heteroatoms. The molecule has 0 aliphatic heterocycles. The molecule has 1 heterocycles. The molecule has 0 fully saturated rings. The summed E-state index contributed by atoms with van der Waals surface area (Å²) in [7, 11) is -3.78. The molecule has 1 atom stereocenters. The molecule has 3 N–H and O–H groups in total. The van der Waals surface area contributed by atoms with Crippen LogP contribution < -0.4 is 15.4 Å². The summed E-state index contributed by atoms with van der Waals surface area (Å²) in [6.45, 7) is 5.59. The molecule has 0 spiro atoms. The van der Waals surface area contributed by atoms with Gasteiger partial charge in [-0.2, -0.15) is 0 Å². The summed E-state index contributed by atoms with van der Waals surface area (Å²) in [4.78, 5) is 29.3. The third kappa shape index (κ3) is 5.92. The number of rotatable bonds is 8. The number of hydrogen-bond acceptors (Lipinski definition) is 6. The first kappa shape index (κ1) is 23.4. The lowest BCUT2D eigenvalue weighted by Crippen LogP contribution is -2.47. The molecule has 0 bridgehead atoms. The zero-order chi connectivity index (χ0) is 23.3. The number of aromatic nitrogens is 1. The largest absolute Gasteiger partial charge is 0.340 e. The van der Waals surface area contributed by atoms with Gasteiger partial charge in [-0.25, -0.2) is 13.4 Å². The summed E-state index contributed by atoms with van der Waals surface area (Å²) < 4.78 is 27.2. The molecule has 0 saturated heterocycles. The second-order valence-corrected chi connectivity index (χ2v) is 10.1. The highest BCUT2D eigenvalue weighted by Crippen LogP contribution is 2.20. The second kappa shape index (κ2) is 9.92. The van der Waals surface area contributed by atoms with Crippen LogP contribution in [0.15, 0.2) is 65.0 Å². The Balaban J connectivity index is 1.67. The SMILES string of the molecule is Cc1ccc(C(=O)NC(C(=O)Nc2ccc(S(=O)(=O)Nc3nccs3)cc2)C(C)C)cc1. The minimum atomic E-state index is -3.78. The van der Waals surface area contributed by atoms with Crippen molar-refractivity contribution in [1.29, 1.82) is 0 Å². The molecule has 3 aromatic rings. The smallest absolute Gasteiger partial charge is 0.263 e. The van der Waals surface area contributed by atoms with Crippen molar-refractivity contribution in [2.75, 3.05) is 10.0 Å². The monoisotopic (exact) mass is 472 g/mol. The third-order valence-electron chi connectivity index (χ3n) is 4.64. The molecule has 0 saturated carbocycles. The van der Waals surface area contributed by atoms with Crippen LogP contribution in [0.5, 0.6) is 0 Å². The van der Waals surface area contributed by atoms with Crippen LogP contribution in [0, 0.1) is 12.8 Å². The van der Waals surface area contributed by atoms with Crippen LogP contribution in [0.3, 0.4) is 0 Å². The predicted molar refractivity (Wildman–Crippen MR) is 125 cm³/mol. The van der Waals surface area contributed by atoms with E-state index in [1.165, 1.54) is 41.8 Å². The first-order valence-electron chi connectivity index (χ1n) is 9.86. The van der Waals surface area contributed by atoms with Crippen LogP contribution in [0.2, 0.25) is 0 Å². The lowest BCUT2D eigenvalue weighted by molar-refractivity contribution is -0.118. The number of carbonyl (C=O) groups is 2. The number of aryl methyl sites for hydroxylation is 1. The molecule has 0 aliphatic rings. The lowest BCUT2D eigenvalue weighted by atomic mass is 10.0. The van der Waals surface area contributed by atoms with Gasteiger partial charge in [0.05, 0.1) is 4.90 Å². The third-order valence-corrected chi connectivity index (χ3v) is 6.81. The summed E-state index contributed by atoms with van der Waals surface area (Å²) >= 11 is 1.17. The second-order valence-electron chi connectivity index (χ2n) is 7.52. The lowest BCUT2D eigenvalue weighted by Gasteiger charge is -2.22. The van der Waals surface area contributed by atoms with E-state index in [9.17, 15) is 18.0 Å². The molecule has 1 aromatic heterocycles. The average molecular weight is 473 g/mol. The number of benzene rings is 2. The minimum Gasteiger partial charge on any atom is -0.340 e. The Morgan fingerprint density at radius 1 is 1.00 bits per heavy atom. The zero-order valence-corrected chi connectivity index (χ0v) is 19.5. The maximum absolute atomic E-state index is 12.8. The van der Waals surface area contributed by atoms with Crippen LogP contribution >= 0.6 is 11.3 Å². The molecule has 168 valence electrons. The van der Waals surface area contributed by atoms with Crippen LogP contribution in [-0.2, 0) is 14.8 Å². The topological polar surface area (TPSA) is 117 Å². The molecule has 0 aliphatic carbocycles. The fraction of sp³-hybridized carbons (Fsp3) is 0.227. The quantitative estimate of drug-likeness (QED) is 0.463. The molecular weight excluding hydrogens is 448 g/mol. The van der Waals surface area contributed by atoms with Crippen molar-refractivity contribution in [3.05, 3.63) is 71.2 Å². The number of carbonyl (C=O) groups excluding carboxylic acids is 2. The van der Waals surface area contributed by atoms with E-state index in [1.807, 2.05) is 32.9 Å². The van der Waals surface area contributed by atoms with Gasteiger partial charge in [0, 0.05) is 22.8 Å². The van der Waals surface area contributed by atoms with Gasteiger partial charge in [-0.15, -0.1) is 11.3 Å². The number of hydrogen-bond donors (Lipinski definition) is 3. The molecule has 8 nitrogen and oxygen atoms in total. The van der Waals surface area contributed by atoms with Crippen molar-refractivity contribution in [3.63, 3.8) is 0 Å². The van der Waals surface area contributed by atoms with Crippen LogP contribution in [0.1, 0.15) is 29.8 Å². The maximum atomic E-state index is 12.8. The highest BCUT2D eigenvalue weighted by molar-refractivity contribution is 7.93. The Labute approximate surface area is 191 Å². The summed E-state index contributed by atoms with van der Waals surface area (Å²) in [5, 5.41) is 7.44. The van der Waals surface area contributed by atoms with Gasteiger partial charge in [-0.3, -0.25) is 14.3 Å². The number of amides is 2. The number of anilines is 2. The van der Waals surface area contributed by atoms with Gasteiger partial charge in [-0.1, -0.05) is 31.5 Å². The highest BCUT2D eigenvalue weighted by Gasteiger charge is 2.25. The van der Waals surface area contributed by atoms with E-state index in [-0.39, 0.29) is 21.9 Å². The fourth-order valence-electron chi connectivity index (χ4n) is 2.85. The fourth-order valence-corrected chi connectivity index (χ4v) is 4.64. The zero-order valence-electron chi connectivity index (χ0n) is 17.8. The van der Waals surface area contributed by atoms with E-state index in [0.29, 0.717) is 11.3 Å². The van der Waals surface area contributed by atoms with Gasteiger partial charge in [0.25, 0.3) is 15.9 Å². The van der Waals surface area contributed by atoms with Gasteiger partial charge in [0.2, 0.25) is 5.91 Å². The Morgan fingerprint density at radius 2 is 1.66 bits per heavy atom. The molecular formula is C22H24N4O4S2. The van der Waals surface area contributed by atoms with Gasteiger partial charge in [0.15, 0.2) is 5.13 Å². The number of nitrogens with one attached hydrogen (secondary N) is 3. The van der Waals surface area contributed by atoms with Crippen molar-refractivity contribution in [2.45, 2.75) is 31.7 Å². The Bertz CT molecular complexity index is 1170. The van der Waals surface area contributed by atoms with Crippen LogP contribution in [0.4, 0.5) is 10.8 Å². The van der Waals surface area contributed by atoms with E-state index < -0.39 is 22.0 Å². The van der Waals surface area contributed by atoms with E-state index in [2.05, 4.69) is 20.3 Å². The predicted octanol–water partition coefficient (Wildman–Crippen LogP) is 3.65. The van der Waals surface area contributed by atoms with E-state index in [4.69, 9.17) is 0 Å². The molecule has 3 rings (SSSR count). The van der Waals surface area contributed by atoms with Crippen molar-refractivity contribution >= 4 is 44.0 Å². The average Bonchev–Trinajstić information content (AvgIpc) is 3.24. The summed E-state index contributed by atoms with van der Waals surface area (Å²) in [6.07, 6.45) is 1.50. The van der Waals surface area contributed by atoms with E-state index in [1.54, 1.807) is 17.5 Å². The van der Waals surface area contributed by atoms with E-state index >= 15 is 0 Å². The van der Waals surface area contributed by atoms with Gasteiger partial charge in [-0.05, 0) is 49.2 Å². The summed E-state index contributed by atoms with van der Waals surface area (Å²) in [6, 6.07) is 12.1. The van der Waals surface area contributed by atoms with Crippen LogP contribution in [0.25, 0.3) is 0 Å². The Hall–Kier alpha value is -3.24. The highest BCUT2D eigenvalue weighted by atomic mass is 32.2. The minimum absolute atomic E-state index is 0.0405. The summed E-state index contributed by atoms with van der Waals surface area (Å²) in [5.41, 5.74) is 1.92. The molecule has 32 heavy (non-hydrogen) atoms. The Morgan fingerprint density at radius 3 is 2.22 bits per heavy atom. The van der Waals surface area contributed by atoms with Gasteiger partial charge < -0.3 is 10.6 Å². The van der Waals surface area contributed by atoms with Gasteiger partial charge in [0.1, 0.15) is 6.04 Å². The Kier molecular flexibility index (Phi) is 7.26. The molecule has 2 amide bonds. The number of sulfonamides is 1. The standard InChI is InChI=1S/C22H24N4O4S2/c1-14(2)19(25-20(27)16-6-4-15(3)5-7-16)21(28)24-17-8-10-18(11-9-17)32(29,30)26-22-23-12-13-31-22/h4-14,19H,1-3H3,(H,23,26)(H,24,28)(H,25,27). The van der Waals surface area contributed by atoms with Crippen molar-refractivity contribution < 1.29 is 18.0 Å². The van der Waals surface area contributed by atoms with Crippen molar-refractivity contribution in [2.24, 2.45) is 5.92 Å². The first-order valence-corrected chi connectivity index (χ1v) is 12.2. The number of nitrogens with zero attached hydrogens (tertiary/aromatic N) is 1.